The van der Waals surface area contributed by atoms with Crippen molar-refractivity contribution >= 4 is 11.6 Å². The second-order valence-electron chi connectivity index (χ2n) is 11.2. The van der Waals surface area contributed by atoms with Gasteiger partial charge in [-0.25, -0.2) is 4.39 Å². The van der Waals surface area contributed by atoms with Gasteiger partial charge in [0.2, 0.25) is 5.91 Å². The van der Waals surface area contributed by atoms with Crippen LogP contribution < -0.4 is 20.9 Å². The number of benzene rings is 2. The Morgan fingerprint density at radius 1 is 1.03 bits per heavy atom. The standard InChI is InChI=1S/C31H38FN3O4/c1-18-13-22(32)14-19(2)30(18)39-28-12-7-21(31(4,5)38)15-25(28)26-17-35(6)29(37)16-27(26)34-24-10-8-23(9-11-24)33-20(3)36/h7,12-17,23-24,34,38H,8-11H2,1-6H3,(H,33,36). The number of nitrogens with one attached hydrogen (secondary N) is 2. The highest BCUT2D eigenvalue weighted by atomic mass is 19.1. The molecule has 1 aliphatic carbocycles. The summed E-state index contributed by atoms with van der Waals surface area (Å²) in [6.45, 7) is 8.56. The van der Waals surface area contributed by atoms with Crippen LogP contribution in [0.1, 0.15) is 63.1 Å². The number of halogens is 1. The molecule has 0 spiro atoms. The number of pyridine rings is 1. The lowest BCUT2D eigenvalue weighted by molar-refractivity contribution is -0.119. The number of hydrogen-bond donors (Lipinski definition) is 3. The Kier molecular flexibility index (Phi) is 8.16. The van der Waals surface area contributed by atoms with Crippen LogP contribution in [0.4, 0.5) is 10.1 Å². The summed E-state index contributed by atoms with van der Waals surface area (Å²) in [5, 5.41) is 17.4. The molecule has 1 fully saturated rings. The summed E-state index contributed by atoms with van der Waals surface area (Å²) in [7, 11) is 1.70. The third kappa shape index (κ3) is 6.68. The van der Waals surface area contributed by atoms with Gasteiger partial charge in [-0.2, -0.15) is 0 Å². The minimum Gasteiger partial charge on any atom is -0.456 e. The monoisotopic (exact) mass is 535 g/mol. The first kappa shape index (κ1) is 28.4. The molecule has 0 bridgehead atoms. The maximum Gasteiger partial charge on any atom is 0.252 e. The van der Waals surface area contributed by atoms with Crippen molar-refractivity contribution in [1.82, 2.24) is 9.88 Å². The first-order chi connectivity index (χ1) is 18.3. The summed E-state index contributed by atoms with van der Waals surface area (Å²) >= 11 is 0. The van der Waals surface area contributed by atoms with Crippen LogP contribution in [0.25, 0.3) is 11.1 Å². The second-order valence-corrected chi connectivity index (χ2v) is 11.2. The smallest absolute Gasteiger partial charge is 0.252 e. The topological polar surface area (TPSA) is 92.6 Å². The molecule has 3 aromatic rings. The summed E-state index contributed by atoms with van der Waals surface area (Å²) in [5.41, 5.74) is 2.88. The van der Waals surface area contributed by atoms with Crippen molar-refractivity contribution in [1.29, 1.82) is 0 Å². The lowest BCUT2D eigenvalue weighted by Crippen LogP contribution is -2.39. The molecule has 1 saturated carbocycles. The number of aliphatic hydroxyl groups is 1. The zero-order valence-electron chi connectivity index (χ0n) is 23.5. The molecule has 3 N–H and O–H groups in total. The normalized spacial score (nSPS) is 17.5. The molecule has 7 nitrogen and oxygen atoms in total. The molecule has 8 heteroatoms. The number of carbonyl (C=O) groups excluding carboxylic acids is 1. The van der Waals surface area contributed by atoms with Gasteiger partial charge in [0.15, 0.2) is 0 Å². The third-order valence-corrected chi connectivity index (χ3v) is 7.34. The molecule has 1 aliphatic rings. The zero-order valence-corrected chi connectivity index (χ0v) is 23.5. The Bertz CT molecular complexity index is 1410. The summed E-state index contributed by atoms with van der Waals surface area (Å²) in [6, 6.07) is 10.2. The Hall–Kier alpha value is -3.65. The number of ether oxygens (including phenoxy) is 1. The first-order valence-corrected chi connectivity index (χ1v) is 13.4. The fourth-order valence-electron chi connectivity index (χ4n) is 5.23. The third-order valence-electron chi connectivity index (χ3n) is 7.34. The molecule has 0 unspecified atom stereocenters. The second kappa shape index (κ2) is 11.2. The number of rotatable bonds is 7. The molecule has 4 rings (SSSR count). The zero-order chi connectivity index (χ0) is 28.5. The van der Waals surface area contributed by atoms with Crippen LogP contribution in [0.3, 0.4) is 0 Å². The molecule has 39 heavy (non-hydrogen) atoms. The largest absolute Gasteiger partial charge is 0.456 e. The summed E-state index contributed by atoms with van der Waals surface area (Å²) in [5.74, 6) is 0.736. The van der Waals surface area contributed by atoms with E-state index in [1.165, 1.54) is 23.6 Å². The van der Waals surface area contributed by atoms with E-state index in [4.69, 9.17) is 4.74 Å². The molecule has 1 amide bonds. The number of anilines is 1. The summed E-state index contributed by atoms with van der Waals surface area (Å²) in [4.78, 5) is 24.2. The van der Waals surface area contributed by atoms with Crippen molar-refractivity contribution in [2.45, 2.75) is 78.0 Å². The predicted octanol–water partition coefficient (Wildman–Crippen LogP) is 5.69. The minimum atomic E-state index is -1.11. The van der Waals surface area contributed by atoms with Gasteiger partial charge in [-0.1, -0.05) is 6.07 Å². The molecule has 0 saturated heterocycles. The molecule has 2 aromatic carbocycles. The quantitative estimate of drug-likeness (QED) is 0.362. The Morgan fingerprint density at radius 2 is 1.64 bits per heavy atom. The lowest BCUT2D eigenvalue weighted by atomic mass is 9.90. The van der Waals surface area contributed by atoms with Crippen molar-refractivity contribution in [3.8, 4) is 22.6 Å². The fourth-order valence-corrected chi connectivity index (χ4v) is 5.23. The number of amides is 1. The van der Waals surface area contributed by atoms with Crippen LogP contribution in [0.2, 0.25) is 0 Å². The van der Waals surface area contributed by atoms with Crippen LogP contribution in [-0.4, -0.2) is 27.7 Å². The van der Waals surface area contributed by atoms with Crippen LogP contribution in [0, 0.1) is 19.7 Å². The number of hydrogen-bond acceptors (Lipinski definition) is 5. The summed E-state index contributed by atoms with van der Waals surface area (Å²) < 4.78 is 21.9. The van der Waals surface area contributed by atoms with E-state index in [1.807, 2.05) is 12.1 Å². The van der Waals surface area contributed by atoms with E-state index in [0.29, 0.717) is 39.4 Å². The van der Waals surface area contributed by atoms with Crippen molar-refractivity contribution in [3.05, 3.63) is 75.5 Å². The Balaban J connectivity index is 1.77. The SMILES string of the molecule is CC(=O)NC1CCC(Nc2cc(=O)n(C)cc2-c2cc(C(C)(C)O)ccc2Oc2c(C)cc(F)cc2C)CC1. The Morgan fingerprint density at radius 3 is 2.23 bits per heavy atom. The van der Waals surface area contributed by atoms with Crippen molar-refractivity contribution < 1.29 is 19.0 Å². The van der Waals surface area contributed by atoms with Crippen molar-refractivity contribution in [2.75, 3.05) is 5.32 Å². The van der Waals surface area contributed by atoms with Gasteiger partial charge >= 0.3 is 0 Å². The molecular weight excluding hydrogens is 497 g/mol. The van der Waals surface area contributed by atoms with Gasteiger partial charge < -0.3 is 25.0 Å². The highest BCUT2D eigenvalue weighted by Gasteiger charge is 2.25. The number of nitrogens with zero attached hydrogens (tertiary/aromatic N) is 1. The van der Waals surface area contributed by atoms with Gasteiger partial charge in [-0.05, 0) is 94.3 Å². The van der Waals surface area contributed by atoms with Crippen LogP contribution in [-0.2, 0) is 17.4 Å². The number of aromatic nitrogens is 1. The van der Waals surface area contributed by atoms with Gasteiger partial charge in [-0.15, -0.1) is 0 Å². The molecule has 0 radical (unpaired) electrons. The average molecular weight is 536 g/mol. The van der Waals surface area contributed by atoms with E-state index in [2.05, 4.69) is 10.6 Å². The van der Waals surface area contributed by atoms with Gasteiger partial charge in [0.05, 0.1) is 5.60 Å². The van der Waals surface area contributed by atoms with E-state index in [1.54, 1.807) is 53.1 Å². The summed E-state index contributed by atoms with van der Waals surface area (Å²) in [6.07, 6.45) is 5.17. The van der Waals surface area contributed by atoms with Crippen LogP contribution >= 0.6 is 0 Å². The molecule has 0 atom stereocenters. The number of carbonyl (C=O) groups is 1. The van der Waals surface area contributed by atoms with Gasteiger partial charge in [0.1, 0.15) is 17.3 Å². The van der Waals surface area contributed by atoms with E-state index < -0.39 is 5.60 Å². The fraction of sp³-hybridized carbons (Fsp3) is 0.419. The van der Waals surface area contributed by atoms with Crippen LogP contribution in [0.15, 0.2) is 47.4 Å². The van der Waals surface area contributed by atoms with E-state index >= 15 is 0 Å². The number of aryl methyl sites for hydroxylation is 3. The van der Waals surface area contributed by atoms with Gasteiger partial charge in [-0.3, -0.25) is 9.59 Å². The molecular formula is C31H38FN3O4. The predicted molar refractivity (Wildman–Crippen MR) is 152 cm³/mol. The molecule has 0 aliphatic heterocycles. The molecule has 1 aromatic heterocycles. The van der Waals surface area contributed by atoms with E-state index in [-0.39, 0.29) is 29.4 Å². The maximum absolute atomic E-state index is 14.0. The van der Waals surface area contributed by atoms with Crippen LogP contribution in [0.5, 0.6) is 11.5 Å². The van der Waals surface area contributed by atoms with E-state index in [0.717, 1.165) is 31.2 Å². The molecule has 208 valence electrons. The molecule has 1 heterocycles. The average Bonchev–Trinajstić information content (AvgIpc) is 2.84. The highest BCUT2D eigenvalue weighted by Crippen LogP contribution is 2.41. The van der Waals surface area contributed by atoms with Crippen molar-refractivity contribution in [2.24, 2.45) is 7.05 Å². The van der Waals surface area contributed by atoms with Gasteiger partial charge in [0, 0.05) is 55.1 Å². The highest BCUT2D eigenvalue weighted by molar-refractivity contribution is 5.82. The first-order valence-electron chi connectivity index (χ1n) is 13.4. The maximum atomic E-state index is 14.0. The Labute approximate surface area is 229 Å². The minimum absolute atomic E-state index is 0.0221. The lowest BCUT2D eigenvalue weighted by Gasteiger charge is -2.31. The van der Waals surface area contributed by atoms with Gasteiger partial charge in [0.25, 0.3) is 5.56 Å². The van der Waals surface area contributed by atoms with Crippen molar-refractivity contribution in [3.63, 3.8) is 0 Å². The van der Waals surface area contributed by atoms with E-state index in [9.17, 15) is 19.1 Å².